The van der Waals surface area contributed by atoms with Gasteiger partial charge in [-0.1, -0.05) is 12.1 Å². The van der Waals surface area contributed by atoms with E-state index in [4.69, 9.17) is 4.74 Å². The second kappa shape index (κ2) is 9.24. The minimum absolute atomic E-state index is 0.461. The van der Waals surface area contributed by atoms with Gasteiger partial charge in [0.2, 0.25) is 0 Å². The molecule has 3 N–H and O–H groups in total. The molecule has 0 saturated carbocycles. The third-order valence-corrected chi connectivity index (χ3v) is 6.36. The number of aromatic amines is 1. The van der Waals surface area contributed by atoms with Crippen LogP contribution >= 0.6 is 0 Å². The van der Waals surface area contributed by atoms with Gasteiger partial charge in [-0.05, 0) is 67.9 Å². The summed E-state index contributed by atoms with van der Waals surface area (Å²) in [5, 5.41) is 15.6. The number of nitrogens with zero attached hydrogens (tertiary/aromatic N) is 3. The highest BCUT2D eigenvalue weighted by Gasteiger charge is 2.22. The van der Waals surface area contributed by atoms with Gasteiger partial charge in [-0.15, -0.1) is 0 Å². The third kappa shape index (κ3) is 4.46. The van der Waals surface area contributed by atoms with E-state index in [0.29, 0.717) is 12.6 Å². The number of para-hydroxylation sites is 2. The molecule has 1 fully saturated rings. The maximum Gasteiger partial charge on any atom is 0.121 e. The average molecular weight is 432 g/mol. The standard InChI is InChI=1S/C25H29N5O2/c1-32-18-6-7-21-20(14-18)19(8-11-26-21)24(31)16-30-12-9-17(10-13-30)27-15-25-28-22-4-2-3-5-23(22)29-25/h2-8,11,14,17,24,27,31H,9-10,12-13,15-16H2,1H3,(H,28,29)/t24-/m0/s1. The fraction of sp³-hybridized carbons (Fsp3) is 0.360. The largest absolute Gasteiger partial charge is 0.497 e. The lowest BCUT2D eigenvalue weighted by molar-refractivity contribution is 0.0948. The lowest BCUT2D eigenvalue weighted by Gasteiger charge is -2.33. The summed E-state index contributed by atoms with van der Waals surface area (Å²) in [5.74, 6) is 1.75. The van der Waals surface area contributed by atoms with E-state index >= 15 is 0 Å². The number of nitrogens with one attached hydrogen (secondary N) is 2. The number of benzene rings is 2. The van der Waals surface area contributed by atoms with Gasteiger partial charge < -0.3 is 25.0 Å². The number of imidazole rings is 1. The summed E-state index contributed by atoms with van der Waals surface area (Å²) >= 11 is 0. The van der Waals surface area contributed by atoms with Crippen molar-refractivity contribution in [1.29, 1.82) is 0 Å². The zero-order valence-corrected chi connectivity index (χ0v) is 18.3. The van der Waals surface area contributed by atoms with Crippen molar-refractivity contribution >= 4 is 21.9 Å². The molecule has 2 aromatic heterocycles. The summed E-state index contributed by atoms with van der Waals surface area (Å²) in [5.41, 5.74) is 3.86. The molecule has 0 amide bonds. The van der Waals surface area contributed by atoms with Crippen LogP contribution in [-0.2, 0) is 6.54 Å². The molecule has 0 spiro atoms. The molecule has 0 bridgehead atoms. The Bertz CT molecular complexity index is 1170. The number of methoxy groups -OCH3 is 1. The minimum atomic E-state index is -0.562. The molecule has 0 radical (unpaired) electrons. The molecule has 4 aromatic rings. The lowest BCUT2D eigenvalue weighted by Crippen LogP contribution is -2.43. The first-order valence-electron chi connectivity index (χ1n) is 11.2. The topological polar surface area (TPSA) is 86.3 Å². The molecule has 1 saturated heterocycles. The molecule has 0 aliphatic carbocycles. The Labute approximate surface area is 187 Å². The van der Waals surface area contributed by atoms with Crippen LogP contribution in [0.5, 0.6) is 5.75 Å². The molecule has 5 rings (SSSR count). The van der Waals surface area contributed by atoms with Gasteiger partial charge in [0, 0.05) is 24.2 Å². The van der Waals surface area contributed by atoms with E-state index in [0.717, 1.165) is 71.5 Å². The number of hydrogen-bond donors (Lipinski definition) is 3. The number of aromatic nitrogens is 3. The number of aliphatic hydroxyl groups excluding tert-OH is 1. The van der Waals surface area contributed by atoms with Crippen molar-refractivity contribution in [1.82, 2.24) is 25.2 Å². The number of pyridine rings is 1. The van der Waals surface area contributed by atoms with Gasteiger partial charge in [-0.25, -0.2) is 4.98 Å². The van der Waals surface area contributed by atoms with Crippen LogP contribution in [0.2, 0.25) is 0 Å². The third-order valence-electron chi connectivity index (χ3n) is 6.36. The summed E-state index contributed by atoms with van der Waals surface area (Å²) in [6, 6.07) is 16.3. The van der Waals surface area contributed by atoms with Crippen molar-refractivity contribution in [3.05, 3.63) is 66.1 Å². The van der Waals surface area contributed by atoms with E-state index in [-0.39, 0.29) is 0 Å². The van der Waals surface area contributed by atoms with E-state index in [1.54, 1.807) is 13.3 Å². The number of fused-ring (bicyclic) bond motifs is 2. The number of H-pyrrole nitrogens is 1. The smallest absolute Gasteiger partial charge is 0.121 e. The Kier molecular flexibility index (Phi) is 6.03. The van der Waals surface area contributed by atoms with Gasteiger partial charge in [0.25, 0.3) is 0 Å². The fourth-order valence-corrected chi connectivity index (χ4v) is 4.56. The minimum Gasteiger partial charge on any atom is -0.497 e. The first kappa shape index (κ1) is 20.9. The van der Waals surface area contributed by atoms with Crippen LogP contribution in [0.15, 0.2) is 54.7 Å². The molecule has 2 aromatic carbocycles. The van der Waals surface area contributed by atoms with Crippen molar-refractivity contribution in [2.45, 2.75) is 31.5 Å². The quantitative estimate of drug-likeness (QED) is 0.416. The predicted octanol–water partition coefficient (Wildman–Crippen LogP) is 3.41. The van der Waals surface area contributed by atoms with Gasteiger partial charge >= 0.3 is 0 Å². The molecule has 7 nitrogen and oxygen atoms in total. The van der Waals surface area contributed by atoms with Crippen LogP contribution in [0.25, 0.3) is 21.9 Å². The zero-order valence-electron chi connectivity index (χ0n) is 18.3. The summed E-state index contributed by atoms with van der Waals surface area (Å²) in [4.78, 5) is 14.8. The average Bonchev–Trinajstić information content (AvgIpc) is 3.26. The van der Waals surface area contributed by atoms with Crippen LogP contribution < -0.4 is 10.1 Å². The van der Waals surface area contributed by atoms with Crippen LogP contribution in [0.4, 0.5) is 0 Å². The van der Waals surface area contributed by atoms with E-state index in [1.807, 2.05) is 42.5 Å². The Morgan fingerprint density at radius 3 is 2.81 bits per heavy atom. The lowest BCUT2D eigenvalue weighted by atomic mass is 10.0. The zero-order chi connectivity index (χ0) is 21.9. The van der Waals surface area contributed by atoms with Gasteiger partial charge in [0.15, 0.2) is 0 Å². The molecular formula is C25H29N5O2. The predicted molar refractivity (Wildman–Crippen MR) is 126 cm³/mol. The van der Waals surface area contributed by atoms with Crippen molar-refractivity contribution in [2.75, 3.05) is 26.7 Å². The van der Waals surface area contributed by atoms with Crippen molar-refractivity contribution in [3.63, 3.8) is 0 Å². The van der Waals surface area contributed by atoms with Crippen LogP contribution in [0.1, 0.15) is 30.3 Å². The Morgan fingerprint density at radius 1 is 1.16 bits per heavy atom. The highest BCUT2D eigenvalue weighted by atomic mass is 16.5. The summed E-state index contributed by atoms with van der Waals surface area (Å²) in [7, 11) is 1.65. The molecule has 166 valence electrons. The summed E-state index contributed by atoms with van der Waals surface area (Å²) in [6.45, 7) is 3.28. The summed E-state index contributed by atoms with van der Waals surface area (Å²) in [6.07, 6.45) is 3.31. The van der Waals surface area contributed by atoms with E-state index in [1.165, 1.54) is 0 Å². The Morgan fingerprint density at radius 2 is 2.00 bits per heavy atom. The van der Waals surface area contributed by atoms with Gasteiger partial charge in [-0.2, -0.15) is 0 Å². The molecule has 7 heteroatoms. The summed E-state index contributed by atoms with van der Waals surface area (Å²) < 4.78 is 5.36. The highest BCUT2D eigenvalue weighted by Crippen LogP contribution is 2.27. The van der Waals surface area contributed by atoms with Crippen LogP contribution in [0, 0.1) is 0 Å². The second-order valence-corrected chi connectivity index (χ2v) is 8.46. The van der Waals surface area contributed by atoms with Crippen LogP contribution in [0.3, 0.4) is 0 Å². The maximum absolute atomic E-state index is 11.0. The normalized spacial score (nSPS) is 16.6. The van der Waals surface area contributed by atoms with Crippen molar-refractivity contribution < 1.29 is 9.84 Å². The first-order chi connectivity index (χ1) is 15.7. The number of likely N-dealkylation sites (tertiary alicyclic amines) is 1. The molecule has 1 aliphatic rings. The number of hydrogen-bond acceptors (Lipinski definition) is 6. The fourth-order valence-electron chi connectivity index (χ4n) is 4.56. The number of ether oxygens (including phenoxy) is 1. The van der Waals surface area contributed by atoms with Crippen molar-refractivity contribution in [3.8, 4) is 5.75 Å². The first-order valence-corrected chi connectivity index (χ1v) is 11.2. The van der Waals surface area contributed by atoms with Gasteiger partial charge in [0.05, 0.1) is 36.3 Å². The number of β-amino-alcohol motifs (C(OH)–C–C–N with tert-alkyl or cyclic N) is 1. The molecule has 1 aliphatic heterocycles. The monoisotopic (exact) mass is 431 g/mol. The maximum atomic E-state index is 11.0. The highest BCUT2D eigenvalue weighted by molar-refractivity contribution is 5.83. The van der Waals surface area contributed by atoms with E-state index in [2.05, 4.69) is 31.2 Å². The number of aliphatic hydroxyl groups is 1. The number of rotatable bonds is 7. The Balaban J connectivity index is 1.16. The Hall–Kier alpha value is -3.00. The SMILES string of the molecule is COc1ccc2nccc([C@@H](O)CN3CCC(NCc4nc5ccccc5[nH]4)CC3)c2c1. The van der Waals surface area contributed by atoms with E-state index in [9.17, 15) is 5.11 Å². The van der Waals surface area contributed by atoms with Gasteiger partial charge in [0.1, 0.15) is 11.6 Å². The molecule has 0 unspecified atom stereocenters. The second-order valence-electron chi connectivity index (χ2n) is 8.46. The molecule has 3 heterocycles. The molecular weight excluding hydrogens is 402 g/mol. The van der Waals surface area contributed by atoms with E-state index < -0.39 is 6.10 Å². The molecule has 32 heavy (non-hydrogen) atoms. The number of piperidine rings is 1. The molecule has 1 atom stereocenters. The van der Waals surface area contributed by atoms with Crippen molar-refractivity contribution in [2.24, 2.45) is 0 Å². The van der Waals surface area contributed by atoms with Crippen LogP contribution in [-0.4, -0.2) is 57.7 Å². The van der Waals surface area contributed by atoms with Gasteiger partial charge in [-0.3, -0.25) is 4.98 Å².